The Bertz CT molecular complexity index is 657. The van der Waals surface area contributed by atoms with Gasteiger partial charge in [0.05, 0.1) is 0 Å². The quantitative estimate of drug-likeness (QED) is 0.418. The van der Waals surface area contributed by atoms with Gasteiger partial charge in [0.1, 0.15) is 0 Å². The average Bonchev–Trinajstić information content (AvgIpc) is 2.56. The Morgan fingerprint density at radius 3 is 2.05 bits per heavy atom. The van der Waals surface area contributed by atoms with Crippen LogP contribution in [0.15, 0.2) is 63.3 Å². The minimum atomic E-state index is 0.0184. The van der Waals surface area contributed by atoms with E-state index in [0.717, 1.165) is 14.3 Å². The standard InChI is InChI=1S/C18H18OS2Se/c1-13-9-11-14(12-10-13)16(19)17(18(20-2)21-3)22-15-7-5-4-6-8-15/h4-12H,1-3H3. The van der Waals surface area contributed by atoms with Gasteiger partial charge in [-0.2, -0.15) is 0 Å². The molecule has 2 rings (SSSR count). The van der Waals surface area contributed by atoms with Gasteiger partial charge >= 0.3 is 147 Å². The molecule has 0 radical (unpaired) electrons. The van der Waals surface area contributed by atoms with E-state index in [-0.39, 0.29) is 20.7 Å². The van der Waals surface area contributed by atoms with E-state index in [1.54, 1.807) is 23.5 Å². The third-order valence-electron chi connectivity index (χ3n) is 3.04. The summed E-state index contributed by atoms with van der Waals surface area (Å²) in [6.45, 7) is 2.04. The van der Waals surface area contributed by atoms with E-state index in [2.05, 4.69) is 12.1 Å². The third-order valence-corrected chi connectivity index (χ3v) is 8.08. The van der Waals surface area contributed by atoms with Crippen molar-refractivity contribution in [3.8, 4) is 0 Å². The molecule has 0 aliphatic carbocycles. The number of benzene rings is 2. The Balaban J connectivity index is 2.38. The number of aryl methyl sites for hydroxylation is 1. The van der Waals surface area contributed by atoms with Crippen LogP contribution in [-0.2, 0) is 0 Å². The molecule has 2 aromatic carbocycles. The topological polar surface area (TPSA) is 17.1 Å². The second-order valence-corrected chi connectivity index (χ2v) is 8.80. The predicted molar refractivity (Wildman–Crippen MR) is 101 cm³/mol. The summed E-state index contributed by atoms with van der Waals surface area (Å²) in [7, 11) is 0. The van der Waals surface area contributed by atoms with Crippen LogP contribution in [0.2, 0.25) is 0 Å². The predicted octanol–water partition coefficient (Wildman–Crippen LogP) is 4.10. The van der Waals surface area contributed by atoms with Gasteiger partial charge in [-0.15, -0.1) is 0 Å². The molecule has 4 heteroatoms. The zero-order valence-corrected chi connectivity index (χ0v) is 16.2. The summed E-state index contributed by atoms with van der Waals surface area (Å²) >= 11 is 3.34. The van der Waals surface area contributed by atoms with E-state index >= 15 is 0 Å². The van der Waals surface area contributed by atoms with Crippen LogP contribution in [-0.4, -0.2) is 33.3 Å². The molecule has 2 aromatic rings. The first kappa shape index (κ1) is 17.4. The maximum atomic E-state index is 13.0. The second kappa shape index (κ2) is 8.64. The molecule has 0 spiro atoms. The van der Waals surface area contributed by atoms with Crippen molar-refractivity contribution in [3.63, 3.8) is 0 Å². The van der Waals surface area contributed by atoms with Gasteiger partial charge < -0.3 is 0 Å². The Morgan fingerprint density at radius 2 is 1.50 bits per heavy atom. The average molecular weight is 393 g/mol. The Morgan fingerprint density at radius 1 is 0.909 bits per heavy atom. The van der Waals surface area contributed by atoms with Crippen LogP contribution in [0.1, 0.15) is 15.9 Å². The molecular formula is C18H18OS2Se. The molecule has 0 bridgehead atoms. The number of allylic oxidation sites excluding steroid dienone is 1. The SMILES string of the molecule is CSC(SC)=C([Se]c1ccccc1)C(=O)c1ccc(C)cc1. The molecule has 22 heavy (non-hydrogen) atoms. The van der Waals surface area contributed by atoms with Crippen LogP contribution >= 0.6 is 23.5 Å². The zero-order valence-electron chi connectivity index (χ0n) is 12.8. The zero-order chi connectivity index (χ0) is 15.9. The van der Waals surface area contributed by atoms with E-state index in [1.165, 1.54) is 10.0 Å². The Hall–Kier alpha value is -0.931. The minimum absolute atomic E-state index is 0.0184. The van der Waals surface area contributed by atoms with Crippen molar-refractivity contribution < 1.29 is 4.79 Å². The first-order chi connectivity index (χ1) is 10.7. The van der Waals surface area contributed by atoms with Crippen LogP contribution in [0.3, 0.4) is 0 Å². The fourth-order valence-electron chi connectivity index (χ4n) is 1.89. The van der Waals surface area contributed by atoms with Gasteiger partial charge in [-0.3, -0.25) is 0 Å². The fourth-order valence-corrected chi connectivity index (χ4v) is 6.32. The van der Waals surface area contributed by atoms with Crippen LogP contribution in [0, 0.1) is 6.92 Å². The van der Waals surface area contributed by atoms with Gasteiger partial charge in [-0.25, -0.2) is 0 Å². The van der Waals surface area contributed by atoms with Crippen molar-refractivity contribution in [2.24, 2.45) is 0 Å². The molecule has 1 nitrogen and oxygen atoms in total. The van der Waals surface area contributed by atoms with Crippen molar-refractivity contribution >= 4 is 48.7 Å². The number of thioether (sulfide) groups is 2. The molecule has 0 saturated carbocycles. The van der Waals surface area contributed by atoms with Gasteiger partial charge in [0.15, 0.2) is 0 Å². The molecule has 0 atom stereocenters. The van der Waals surface area contributed by atoms with E-state index in [9.17, 15) is 4.79 Å². The third kappa shape index (κ3) is 4.53. The summed E-state index contributed by atoms with van der Waals surface area (Å²) < 4.78 is 3.29. The molecule has 114 valence electrons. The van der Waals surface area contributed by atoms with E-state index in [0.29, 0.717) is 0 Å². The number of carbonyl (C=O) groups is 1. The maximum absolute atomic E-state index is 13.0. The van der Waals surface area contributed by atoms with E-state index in [1.807, 2.05) is 61.9 Å². The summed E-state index contributed by atoms with van der Waals surface area (Å²) in [5, 5.41) is 0. The van der Waals surface area contributed by atoms with Crippen LogP contribution in [0.25, 0.3) is 0 Å². The van der Waals surface area contributed by atoms with Crippen LogP contribution < -0.4 is 4.46 Å². The fraction of sp³-hybridized carbons (Fsp3) is 0.167. The number of ketones is 1. The molecule has 0 amide bonds. The second-order valence-electron chi connectivity index (χ2n) is 4.64. The molecule has 0 heterocycles. The van der Waals surface area contributed by atoms with Gasteiger partial charge in [-0.05, 0) is 0 Å². The van der Waals surface area contributed by atoms with Crippen molar-refractivity contribution in [1.29, 1.82) is 0 Å². The summed E-state index contributed by atoms with van der Waals surface area (Å²) in [5.41, 5.74) is 1.95. The molecule has 0 fully saturated rings. The molecule has 0 N–H and O–H groups in total. The van der Waals surface area contributed by atoms with Gasteiger partial charge in [0.2, 0.25) is 0 Å². The Labute approximate surface area is 147 Å². The van der Waals surface area contributed by atoms with Gasteiger partial charge in [0, 0.05) is 0 Å². The van der Waals surface area contributed by atoms with E-state index in [4.69, 9.17) is 0 Å². The van der Waals surface area contributed by atoms with E-state index < -0.39 is 0 Å². The number of hydrogen-bond acceptors (Lipinski definition) is 3. The summed E-state index contributed by atoms with van der Waals surface area (Å²) in [4.78, 5) is 13.0. The van der Waals surface area contributed by atoms with Crippen molar-refractivity contribution in [3.05, 3.63) is 74.4 Å². The van der Waals surface area contributed by atoms with Crippen molar-refractivity contribution in [1.82, 2.24) is 0 Å². The number of hydrogen-bond donors (Lipinski definition) is 0. The monoisotopic (exact) mass is 394 g/mol. The molecule has 0 saturated heterocycles. The van der Waals surface area contributed by atoms with Gasteiger partial charge in [0.25, 0.3) is 0 Å². The normalized spacial score (nSPS) is 10.3. The number of rotatable bonds is 6. The van der Waals surface area contributed by atoms with Crippen molar-refractivity contribution in [2.75, 3.05) is 12.5 Å². The molecule has 0 aliphatic rings. The summed E-state index contributed by atoms with van der Waals surface area (Å²) in [6, 6.07) is 18.1. The summed E-state index contributed by atoms with van der Waals surface area (Å²) in [5.74, 6) is 0.155. The first-order valence-corrected chi connectivity index (χ1v) is 11.0. The molecule has 0 aliphatic heterocycles. The van der Waals surface area contributed by atoms with Crippen molar-refractivity contribution in [2.45, 2.75) is 6.92 Å². The number of Topliss-reactive ketones (excluding diaryl/α,β-unsaturated/α-hetero) is 1. The summed E-state index contributed by atoms with van der Waals surface area (Å²) in [6.07, 6.45) is 4.07. The van der Waals surface area contributed by atoms with Crippen LogP contribution in [0.5, 0.6) is 0 Å². The number of carbonyl (C=O) groups excluding carboxylic acids is 1. The molecule has 0 unspecified atom stereocenters. The van der Waals surface area contributed by atoms with Crippen LogP contribution in [0.4, 0.5) is 0 Å². The molecule has 0 aromatic heterocycles. The Kier molecular flexibility index (Phi) is 6.84. The van der Waals surface area contributed by atoms with Gasteiger partial charge in [-0.1, -0.05) is 0 Å². The molecular weight excluding hydrogens is 375 g/mol. The first-order valence-electron chi connectivity index (χ1n) is 6.82.